The van der Waals surface area contributed by atoms with E-state index < -0.39 is 0 Å². The number of nitrogens with zero attached hydrogens (tertiary/aromatic N) is 1. The number of benzene rings is 1. The fourth-order valence-electron chi connectivity index (χ4n) is 2.86. The first-order valence-electron chi connectivity index (χ1n) is 7.00. The number of rotatable bonds is 1. The Bertz CT molecular complexity index is 481. The van der Waals surface area contributed by atoms with E-state index in [0.717, 1.165) is 30.6 Å². The largest absolute Gasteiger partial charge is 0.461 e. The van der Waals surface area contributed by atoms with Gasteiger partial charge in [-0.15, -0.1) is 0 Å². The van der Waals surface area contributed by atoms with Crippen LogP contribution in [0.25, 0.3) is 6.08 Å². The van der Waals surface area contributed by atoms with E-state index in [0.29, 0.717) is 12.6 Å². The molecule has 0 aliphatic carbocycles. The zero-order valence-electron chi connectivity index (χ0n) is 11.0. The maximum Gasteiger partial charge on any atom is 0.335 e. The number of carbonyl (C=O) groups is 1. The van der Waals surface area contributed by atoms with Gasteiger partial charge in [0, 0.05) is 12.6 Å². The first-order chi connectivity index (χ1) is 9.33. The Morgan fingerprint density at radius 2 is 2.05 bits per heavy atom. The van der Waals surface area contributed by atoms with E-state index in [2.05, 4.69) is 4.90 Å². The van der Waals surface area contributed by atoms with Crippen molar-refractivity contribution >= 4 is 12.0 Å². The lowest BCUT2D eigenvalue weighted by molar-refractivity contribution is -0.139. The average molecular weight is 257 g/mol. The van der Waals surface area contributed by atoms with Crippen molar-refractivity contribution in [1.82, 2.24) is 4.90 Å². The summed E-state index contributed by atoms with van der Waals surface area (Å²) in [6.07, 6.45) is 5.57. The van der Waals surface area contributed by atoms with Gasteiger partial charge in [-0.3, -0.25) is 4.90 Å². The van der Waals surface area contributed by atoms with Crippen LogP contribution in [0, 0.1) is 0 Å². The Morgan fingerprint density at radius 1 is 1.21 bits per heavy atom. The Hall–Kier alpha value is -1.61. The predicted molar refractivity (Wildman–Crippen MR) is 74.6 cm³/mol. The molecule has 0 saturated carbocycles. The zero-order valence-corrected chi connectivity index (χ0v) is 11.0. The highest BCUT2D eigenvalue weighted by Gasteiger charge is 2.29. The molecule has 1 aromatic carbocycles. The Morgan fingerprint density at radius 3 is 2.89 bits per heavy atom. The van der Waals surface area contributed by atoms with Gasteiger partial charge in [0.15, 0.2) is 0 Å². The number of cyclic esters (lactones) is 1. The van der Waals surface area contributed by atoms with Gasteiger partial charge in [0.25, 0.3) is 0 Å². The number of hydrogen-bond donors (Lipinski definition) is 0. The molecular weight excluding hydrogens is 238 g/mol. The van der Waals surface area contributed by atoms with Crippen LogP contribution in [0.2, 0.25) is 0 Å². The number of hydrogen-bond acceptors (Lipinski definition) is 3. The molecule has 0 radical (unpaired) electrons. The van der Waals surface area contributed by atoms with Crippen molar-refractivity contribution in [3.05, 3.63) is 41.5 Å². The first kappa shape index (κ1) is 12.4. The van der Waals surface area contributed by atoms with Crippen molar-refractivity contribution in [2.24, 2.45) is 0 Å². The highest BCUT2D eigenvalue weighted by Crippen LogP contribution is 2.23. The monoisotopic (exact) mass is 257 g/mol. The number of carbonyl (C=O) groups excluding carboxylic acids is 1. The minimum atomic E-state index is -0.154. The molecule has 2 aliphatic heterocycles. The lowest BCUT2D eigenvalue weighted by Crippen LogP contribution is -2.41. The molecule has 0 spiro atoms. The van der Waals surface area contributed by atoms with Crippen molar-refractivity contribution in [2.75, 3.05) is 19.7 Å². The summed E-state index contributed by atoms with van der Waals surface area (Å²) in [5.74, 6) is -0.154. The number of ether oxygens (including phenoxy) is 1. The van der Waals surface area contributed by atoms with E-state index in [1.54, 1.807) is 0 Å². The van der Waals surface area contributed by atoms with Crippen LogP contribution in [0.15, 0.2) is 35.9 Å². The van der Waals surface area contributed by atoms with Gasteiger partial charge >= 0.3 is 5.97 Å². The molecule has 0 aromatic heterocycles. The third kappa shape index (κ3) is 2.87. The van der Waals surface area contributed by atoms with Crippen molar-refractivity contribution < 1.29 is 9.53 Å². The average Bonchev–Trinajstić information content (AvgIpc) is 2.61. The molecule has 2 saturated heterocycles. The van der Waals surface area contributed by atoms with Crippen molar-refractivity contribution in [2.45, 2.75) is 25.3 Å². The number of esters is 1. The van der Waals surface area contributed by atoms with E-state index in [1.165, 1.54) is 12.8 Å². The molecule has 100 valence electrons. The van der Waals surface area contributed by atoms with E-state index in [-0.39, 0.29) is 5.97 Å². The van der Waals surface area contributed by atoms with E-state index in [4.69, 9.17) is 4.74 Å². The topological polar surface area (TPSA) is 29.5 Å². The summed E-state index contributed by atoms with van der Waals surface area (Å²) in [6.45, 7) is 2.34. The molecule has 1 aromatic rings. The molecule has 0 amide bonds. The summed E-state index contributed by atoms with van der Waals surface area (Å²) in [5, 5.41) is 0. The Balaban J connectivity index is 1.83. The Kier molecular flexibility index (Phi) is 3.65. The van der Waals surface area contributed by atoms with Crippen molar-refractivity contribution in [3.63, 3.8) is 0 Å². The summed E-state index contributed by atoms with van der Waals surface area (Å²) in [6, 6.07) is 10.4. The highest BCUT2D eigenvalue weighted by molar-refractivity contribution is 5.94. The third-order valence-electron chi connectivity index (χ3n) is 3.93. The van der Waals surface area contributed by atoms with Gasteiger partial charge in [-0.05, 0) is 31.0 Å². The zero-order chi connectivity index (χ0) is 13.1. The number of fused-ring (bicyclic) bond motifs is 1. The minimum absolute atomic E-state index is 0.154. The fourth-order valence-corrected chi connectivity index (χ4v) is 2.86. The molecule has 0 bridgehead atoms. The summed E-state index contributed by atoms with van der Waals surface area (Å²) in [7, 11) is 0. The molecule has 19 heavy (non-hydrogen) atoms. The molecule has 2 aliphatic rings. The maximum absolute atomic E-state index is 12.0. The lowest BCUT2D eigenvalue weighted by atomic mass is 10.0. The summed E-state index contributed by atoms with van der Waals surface area (Å²) in [5.41, 5.74) is 1.83. The quantitative estimate of drug-likeness (QED) is 0.572. The maximum atomic E-state index is 12.0. The van der Waals surface area contributed by atoms with Crippen LogP contribution >= 0.6 is 0 Å². The second-order valence-electron chi connectivity index (χ2n) is 5.30. The minimum Gasteiger partial charge on any atom is -0.461 e. The van der Waals surface area contributed by atoms with Crippen LogP contribution in [0.5, 0.6) is 0 Å². The van der Waals surface area contributed by atoms with Gasteiger partial charge in [0.1, 0.15) is 6.61 Å². The molecule has 1 atom stereocenters. The standard InChI is InChI=1S/C16H19NO2/c18-16-14(10-13-6-2-1-3-7-13)11-17-9-5-4-8-15(17)12-19-16/h1-3,6-7,10,15H,4-5,8-9,11-12H2/b14-10-. The third-order valence-corrected chi connectivity index (χ3v) is 3.93. The van der Waals surface area contributed by atoms with Crippen LogP contribution in [0.3, 0.4) is 0 Å². The molecule has 0 N–H and O–H groups in total. The van der Waals surface area contributed by atoms with Gasteiger partial charge in [0.2, 0.25) is 0 Å². The number of piperidine rings is 1. The smallest absolute Gasteiger partial charge is 0.335 e. The fraction of sp³-hybridized carbons (Fsp3) is 0.438. The van der Waals surface area contributed by atoms with Gasteiger partial charge in [-0.1, -0.05) is 36.8 Å². The molecule has 3 nitrogen and oxygen atoms in total. The van der Waals surface area contributed by atoms with Crippen molar-refractivity contribution in [3.8, 4) is 0 Å². The lowest BCUT2D eigenvalue weighted by Gasteiger charge is -2.32. The normalized spacial score (nSPS) is 26.6. The van der Waals surface area contributed by atoms with Gasteiger partial charge in [0.05, 0.1) is 5.57 Å². The second-order valence-corrected chi connectivity index (χ2v) is 5.30. The van der Waals surface area contributed by atoms with Crippen LogP contribution < -0.4 is 0 Å². The molecule has 1 unspecified atom stereocenters. The molecule has 2 heterocycles. The van der Waals surface area contributed by atoms with Crippen molar-refractivity contribution in [1.29, 1.82) is 0 Å². The van der Waals surface area contributed by atoms with Crippen LogP contribution in [0.4, 0.5) is 0 Å². The Labute approximate surface area is 113 Å². The molecule has 3 heteroatoms. The molecule has 2 fully saturated rings. The van der Waals surface area contributed by atoms with Gasteiger partial charge in [-0.25, -0.2) is 4.79 Å². The van der Waals surface area contributed by atoms with Crippen LogP contribution in [0.1, 0.15) is 24.8 Å². The predicted octanol–water partition coefficient (Wildman–Crippen LogP) is 2.48. The second kappa shape index (κ2) is 5.57. The van der Waals surface area contributed by atoms with Gasteiger partial charge < -0.3 is 4.74 Å². The molecule has 3 rings (SSSR count). The van der Waals surface area contributed by atoms with Gasteiger partial charge in [-0.2, -0.15) is 0 Å². The van der Waals surface area contributed by atoms with E-state index in [9.17, 15) is 4.79 Å². The summed E-state index contributed by atoms with van der Waals surface area (Å²) >= 11 is 0. The first-order valence-corrected chi connectivity index (χ1v) is 7.00. The summed E-state index contributed by atoms with van der Waals surface area (Å²) in [4.78, 5) is 14.4. The van der Waals surface area contributed by atoms with Crippen LogP contribution in [-0.2, 0) is 9.53 Å². The summed E-state index contributed by atoms with van der Waals surface area (Å²) < 4.78 is 5.41. The van der Waals surface area contributed by atoms with Crippen LogP contribution in [-0.4, -0.2) is 36.6 Å². The van der Waals surface area contributed by atoms with E-state index >= 15 is 0 Å². The molecular formula is C16H19NO2. The van der Waals surface area contributed by atoms with E-state index in [1.807, 2.05) is 36.4 Å². The highest BCUT2D eigenvalue weighted by atomic mass is 16.5. The SMILES string of the molecule is O=C1OCC2CCCCN2C/C1=C/c1ccccc1.